The van der Waals surface area contributed by atoms with Crippen molar-refractivity contribution in [3.63, 3.8) is 0 Å². The fourth-order valence-electron chi connectivity index (χ4n) is 2.58. The van der Waals surface area contributed by atoms with Crippen LogP contribution in [0.3, 0.4) is 0 Å². The number of nitrogens with zero attached hydrogens (tertiary/aromatic N) is 3. The summed E-state index contributed by atoms with van der Waals surface area (Å²) < 4.78 is 18.4. The molecule has 0 N–H and O–H groups in total. The average molecular weight is 303 g/mol. The molecule has 0 saturated carbocycles. The van der Waals surface area contributed by atoms with E-state index in [2.05, 4.69) is 10.2 Å². The van der Waals surface area contributed by atoms with Crippen molar-refractivity contribution in [3.05, 3.63) is 36.0 Å². The second-order valence-electron chi connectivity index (χ2n) is 5.45. The molecule has 5 nitrogen and oxygen atoms in total. The maximum absolute atomic E-state index is 12.9. The molecule has 116 valence electrons. The van der Waals surface area contributed by atoms with E-state index in [1.165, 1.54) is 18.6 Å². The second-order valence-corrected chi connectivity index (χ2v) is 5.45. The van der Waals surface area contributed by atoms with Crippen molar-refractivity contribution in [2.24, 2.45) is 0 Å². The monoisotopic (exact) mass is 303 g/mol. The van der Waals surface area contributed by atoms with Crippen LogP contribution in [0.4, 0.5) is 4.39 Å². The minimum Gasteiger partial charge on any atom is -0.421 e. The molecule has 0 radical (unpaired) electrons. The highest BCUT2D eigenvalue weighted by molar-refractivity contribution is 5.76. The predicted octanol–water partition coefficient (Wildman–Crippen LogP) is 2.82. The van der Waals surface area contributed by atoms with Gasteiger partial charge in [-0.2, -0.15) is 0 Å². The molecule has 22 heavy (non-hydrogen) atoms. The highest BCUT2D eigenvalue weighted by Crippen LogP contribution is 2.19. The highest BCUT2D eigenvalue weighted by atomic mass is 19.1. The van der Waals surface area contributed by atoms with Gasteiger partial charge in [-0.15, -0.1) is 10.2 Å². The number of hydrogen-bond donors (Lipinski definition) is 0. The molecule has 0 spiro atoms. The SMILES string of the molecule is O=C(CCc1nnc(-c2ccc(F)cc2)o1)N1CCCCC1. The molecular formula is C16H18FN3O2. The van der Waals surface area contributed by atoms with E-state index in [9.17, 15) is 9.18 Å². The molecule has 1 amide bonds. The number of likely N-dealkylation sites (tertiary alicyclic amines) is 1. The number of aryl methyl sites for hydroxylation is 1. The van der Waals surface area contributed by atoms with Crippen LogP contribution in [-0.2, 0) is 11.2 Å². The normalized spacial score (nSPS) is 15.0. The Balaban J connectivity index is 1.57. The third-order valence-electron chi connectivity index (χ3n) is 3.82. The van der Waals surface area contributed by atoms with Crippen molar-refractivity contribution < 1.29 is 13.6 Å². The molecule has 1 aliphatic rings. The van der Waals surface area contributed by atoms with Crippen molar-refractivity contribution in [1.82, 2.24) is 15.1 Å². The van der Waals surface area contributed by atoms with Crippen LogP contribution in [0.15, 0.2) is 28.7 Å². The summed E-state index contributed by atoms with van der Waals surface area (Å²) in [6, 6.07) is 5.87. The fraction of sp³-hybridized carbons (Fsp3) is 0.438. The zero-order chi connectivity index (χ0) is 15.4. The standard InChI is InChI=1S/C16H18FN3O2/c17-13-6-4-12(5-7-13)16-19-18-14(22-16)8-9-15(21)20-10-2-1-3-11-20/h4-7H,1-3,8-11H2. The minimum absolute atomic E-state index is 0.140. The van der Waals surface area contributed by atoms with Crippen LogP contribution in [0, 0.1) is 5.82 Å². The third-order valence-corrected chi connectivity index (χ3v) is 3.82. The Morgan fingerprint density at radius 2 is 1.86 bits per heavy atom. The summed E-state index contributed by atoms with van der Waals surface area (Å²) in [5, 5.41) is 7.89. The molecule has 3 rings (SSSR count). The maximum Gasteiger partial charge on any atom is 0.247 e. The van der Waals surface area contributed by atoms with Gasteiger partial charge in [-0.3, -0.25) is 4.79 Å². The van der Waals surface area contributed by atoms with E-state index in [4.69, 9.17) is 4.42 Å². The van der Waals surface area contributed by atoms with Crippen LogP contribution in [0.25, 0.3) is 11.5 Å². The van der Waals surface area contributed by atoms with E-state index in [1.807, 2.05) is 4.90 Å². The van der Waals surface area contributed by atoms with Crippen LogP contribution in [0.2, 0.25) is 0 Å². The van der Waals surface area contributed by atoms with Gasteiger partial charge in [0.25, 0.3) is 0 Å². The summed E-state index contributed by atoms with van der Waals surface area (Å²) in [4.78, 5) is 14.0. The van der Waals surface area contributed by atoms with Gasteiger partial charge < -0.3 is 9.32 Å². The molecule has 1 aliphatic heterocycles. The van der Waals surface area contributed by atoms with Crippen molar-refractivity contribution in [2.45, 2.75) is 32.1 Å². The minimum atomic E-state index is -0.310. The van der Waals surface area contributed by atoms with E-state index < -0.39 is 0 Å². The van der Waals surface area contributed by atoms with Crippen LogP contribution in [0.5, 0.6) is 0 Å². The maximum atomic E-state index is 12.9. The van der Waals surface area contributed by atoms with E-state index in [0.29, 0.717) is 30.2 Å². The summed E-state index contributed by atoms with van der Waals surface area (Å²) in [6.07, 6.45) is 4.19. The van der Waals surface area contributed by atoms with Crippen molar-refractivity contribution >= 4 is 5.91 Å². The van der Waals surface area contributed by atoms with Crippen LogP contribution < -0.4 is 0 Å². The Kier molecular flexibility index (Phi) is 4.46. The van der Waals surface area contributed by atoms with E-state index >= 15 is 0 Å². The molecule has 2 heterocycles. The fourth-order valence-corrected chi connectivity index (χ4v) is 2.58. The zero-order valence-corrected chi connectivity index (χ0v) is 12.3. The summed E-state index contributed by atoms with van der Waals surface area (Å²) in [7, 11) is 0. The Labute approximate surface area is 128 Å². The Morgan fingerprint density at radius 3 is 2.59 bits per heavy atom. The quantitative estimate of drug-likeness (QED) is 0.871. The number of rotatable bonds is 4. The molecule has 0 unspecified atom stereocenters. The van der Waals surface area contributed by atoms with Gasteiger partial charge in [0, 0.05) is 31.5 Å². The number of aromatic nitrogens is 2. The van der Waals surface area contributed by atoms with Crippen LogP contribution >= 0.6 is 0 Å². The lowest BCUT2D eigenvalue weighted by molar-refractivity contribution is -0.132. The van der Waals surface area contributed by atoms with E-state index in [-0.39, 0.29) is 11.7 Å². The molecule has 0 atom stereocenters. The lowest BCUT2D eigenvalue weighted by atomic mass is 10.1. The molecule has 1 saturated heterocycles. The number of piperidine rings is 1. The molecule has 1 fully saturated rings. The van der Waals surface area contributed by atoms with Gasteiger partial charge in [-0.1, -0.05) is 0 Å². The Hall–Kier alpha value is -2.24. The molecule has 1 aromatic carbocycles. The number of halogens is 1. The summed E-state index contributed by atoms with van der Waals surface area (Å²) in [5.41, 5.74) is 0.669. The van der Waals surface area contributed by atoms with E-state index in [1.54, 1.807) is 12.1 Å². The van der Waals surface area contributed by atoms with Gasteiger partial charge in [0.2, 0.25) is 17.7 Å². The first-order valence-corrected chi connectivity index (χ1v) is 7.58. The van der Waals surface area contributed by atoms with Crippen LogP contribution in [-0.4, -0.2) is 34.1 Å². The first kappa shape index (κ1) is 14.7. The van der Waals surface area contributed by atoms with E-state index in [0.717, 1.165) is 25.9 Å². The first-order chi connectivity index (χ1) is 10.7. The van der Waals surface area contributed by atoms with Crippen molar-refractivity contribution in [3.8, 4) is 11.5 Å². The van der Waals surface area contributed by atoms with Gasteiger partial charge >= 0.3 is 0 Å². The van der Waals surface area contributed by atoms with Gasteiger partial charge in [0.05, 0.1) is 0 Å². The molecule has 6 heteroatoms. The lowest BCUT2D eigenvalue weighted by Crippen LogP contribution is -2.35. The van der Waals surface area contributed by atoms with Crippen molar-refractivity contribution in [1.29, 1.82) is 0 Å². The van der Waals surface area contributed by atoms with Crippen molar-refractivity contribution in [2.75, 3.05) is 13.1 Å². The van der Waals surface area contributed by atoms with Gasteiger partial charge in [0.1, 0.15) is 5.82 Å². The van der Waals surface area contributed by atoms with Gasteiger partial charge in [-0.05, 0) is 43.5 Å². The molecule has 2 aromatic rings. The summed E-state index contributed by atoms with van der Waals surface area (Å²) >= 11 is 0. The molecule has 0 bridgehead atoms. The number of carbonyl (C=O) groups is 1. The smallest absolute Gasteiger partial charge is 0.247 e. The highest BCUT2D eigenvalue weighted by Gasteiger charge is 2.17. The zero-order valence-electron chi connectivity index (χ0n) is 12.3. The summed E-state index contributed by atoms with van der Waals surface area (Å²) in [5.74, 6) is 0.613. The van der Waals surface area contributed by atoms with Gasteiger partial charge in [-0.25, -0.2) is 4.39 Å². The first-order valence-electron chi connectivity index (χ1n) is 7.58. The molecule has 1 aromatic heterocycles. The number of benzene rings is 1. The molecular weight excluding hydrogens is 285 g/mol. The number of amides is 1. The molecule has 0 aliphatic carbocycles. The number of hydrogen-bond acceptors (Lipinski definition) is 4. The van der Waals surface area contributed by atoms with Gasteiger partial charge in [0.15, 0.2) is 0 Å². The summed E-state index contributed by atoms with van der Waals surface area (Å²) in [6.45, 7) is 1.70. The second kappa shape index (κ2) is 6.68. The Bertz CT molecular complexity index is 633. The predicted molar refractivity (Wildman–Crippen MR) is 78.4 cm³/mol. The number of carbonyl (C=O) groups excluding carboxylic acids is 1. The Morgan fingerprint density at radius 1 is 1.14 bits per heavy atom. The average Bonchev–Trinajstić information content (AvgIpc) is 3.03. The third kappa shape index (κ3) is 3.50. The topological polar surface area (TPSA) is 59.2 Å². The largest absolute Gasteiger partial charge is 0.421 e. The lowest BCUT2D eigenvalue weighted by Gasteiger charge is -2.26. The van der Waals surface area contributed by atoms with Crippen LogP contribution in [0.1, 0.15) is 31.6 Å².